The molecule has 0 saturated carbocycles. The highest BCUT2D eigenvalue weighted by Gasteiger charge is 2.38. The predicted octanol–water partition coefficient (Wildman–Crippen LogP) is 3.89. The second-order valence-electron chi connectivity index (χ2n) is 8.07. The van der Waals surface area contributed by atoms with Gasteiger partial charge in [-0.2, -0.15) is 0 Å². The number of aromatic nitrogens is 3. The number of nitrogens with two attached hydrogens (primary N) is 1. The molecule has 0 unspecified atom stereocenters. The summed E-state index contributed by atoms with van der Waals surface area (Å²) >= 11 is 4.89. The highest BCUT2D eigenvalue weighted by atomic mass is 79.9. The molecule has 2 N–H and O–H groups in total. The van der Waals surface area contributed by atoms with E-state index >= 15 is 0 Å². The van der Waals surface area contributed by atoms with Crippen molar-refractivity contribution in [1.29, 1.82) is 0 Å². The van der Waals surface area contributed by atoms with Gasteiger partial charge in [0.25, 0.3) is 0 Å². The number of fused-ring (bicyclic) bond motifs is 1. The second-order valence-corrected chi connectivity index (χ2v) is 10.3. The van der Waals surface area contributed by atoms with Gasteiger partial charge in [-0.05, 0) is 61.4 Å². The van der Waals surface area contributed by atoms with Gasteiger partial charge >= 0.3 is 0 Å². The Bertz CT molecular complexity index is 729. The van der Waals surface area contributed by atoms with Gasteiger partial charge in [0.1, 0.15) is 16.4 Å². The van der Waals surface area contributed by atoms with E-state index in [9.17, 15) is 0 Å². The number of nitrogens with zero attached hydrogens (tertiary/aromatic N) is 4. The Balaban J connectivity index is 0.000000286. The maximum absolute atomic E-state index is 5.60. The molecule has 0 aliphatic carbocycles. The van der Waals surface area contributed by atoms with E-state index in [-0.39, 0.29) is 4.75 Å². The van der Waals surface area contributed by atoms with Gasteiger partial charge in [0.15, 0.2) is 5.82 Å². The molecule has 144 valence electrons. The molecule has 0 radical (unpaired) electrons. The number of ether oxygens (including phenoxy) is 1. The number of hydrogen-bond acceptors (Lipinski definition) is 6. The van der Waals surface area contributed by atoms with Crippen LogP contribution in [0.5, 0.6) is 0 Å². The van der Waals surface area contributed by atoms with Crippen LogP contribution < -0.4 is 10.0 Å². The van der Waals surface area contributed by atoms with Gasteiger partial charge in [0.2, 0.25) is 0 Å². The van der Waals surface area contributed by atoms with Crippen molar-refractivity contribution >= 4 is 39.2 Å². The summed E-state index contributed by atoms with van der Waals surface area (Å²) in [6.45, 7) is 10.2. The lowest BCUT2D eigenvalue weighted by Crippen LogP contribution is -2.41. The van der Waals surface area contributed by atoms with E-state index < -0.39 is 0 Å². The topological polar surface area (TPSA) is 68.7 Å². The van der Waals surface area contributed by atoms with Crippen LogP contribution in [-0.2, 0) is 4.74 Å². The van der Waals surface area contributed by atoms with Crippen molar-refractivity contribution in [3.05, 3.63) is 23.3 Å². The van der Waals surface area contributed by atoms with Crippen LogP contribution in [0, 0.1) is 5.41 Å². The smallest absolute Gasteiger partial charge is 0.154 e. The molecule has 2 saturated heterocycles. The van der Waals surface area contributed by atoms with Gasteiger partial charge in [-0.25, -0.2) is 9.97 Å². The van der Waals surface area contributed by atoms with E-state index in [1.165, 1.54) is 31.2 Å². The first-order chi connectivity index (χ1) is 12.3. The number of halogens is 1. The first-order valence-corrected chi connectivity index (χ1v) is 10.7. The molecule has 2 aliphatic heterocycles. The van der Waals surface area contributed by atoms with Crippen LogP contribution in [0.3, 0.4) is 0 Å². The van der Waals surface area contributed by atoms with Crippen molar-refractivity contribution in [3.63, 3.8) is 0 Å². The van der Waals surface area contributed by atoms with Crippen molar-refractivity contribution in [3.8, 4) is 0 Å². The number of imidazole rings is 1. The molecular formula is C18H28BrN5OS. The monoisotopic (exact) mass is 441 g/mol. The Morgan fingerprint density at radius 1 is 1.23 bits per heavy atom. The van der Waals surface area contributed by atoms with E-state index in [4.69, 9.17) is 9.88 Å². The fourth-order valence-corrected chi connectivity index (χ4v) is 3.74. The standard InChI is InChI=1S/C14H17BrN4O.C4H11NS/c15-12-8-17-13(11-7-16-10-19(11)12)18-4-1-14(2-5-18)3-6-20-9-14;1-4(2,3)6-5/h7-8,10H,1-6,9H2;5H2,1-3H3. The predicted molar refractivity (Wildman–Crippen MR) is 112 cm³/mol. The van der Waals surface area contributed by atoms with Gasteiger partial charge in [0.05, 0.1) is 19.0 Å². The van der Waals surface area contributed by atoms with Gasteiger partial charge in [-0.3, -0.25) is 9.54 Å². The second kappa shape index (κ2) is 8.04. The number of anilines is 1. The average Bonchev–Trinajstić information content (AvgIpc) is 3.27. The minimum atomic E-state index is 0.236. The average molecular weight is 442 g/mol. The molecule has 0 aromatic carbocycles. The zero-order valence-electron chi connectivity index (χ0n) is 15.7. The zero-order valence-corrected chi connectivity index (χ0v) is 18.1. The van der Waals surface area contributed by atoms with Gasteiger partial charge in [-0.15, -0.1) is 0 Å². The van der Waals surface area contributed by atoms with Crippen LogP contribution in [0.15, 0.2) is 23.3 Å². The van der Waals surface area contributed by atoms with Crippen LogP contribution >= 0.6 is 27.9 Å². The highest BCUT2D eigenvalue weighted by Crippen LogP contribution is 2.40. The summed E-state index contributed by atoms with van der Waals surface area (Å²) in [5.74, 6) is 1.04. The minimum absolute atomic E-state index is 0.236. The van der Waals surface area contributed by atoms with E-state index in [2.05, 4.69) is 51.6 Å². The Morgan fingerprint density at radius 3 is 2.50 bits per heavy atom. The van der Waals surface area contributed by atoms with Crippen LogP contribution in [0.1, 0.15) is 40.0 Å². The SMILES string of the molecule is Brc1cnc(N2CCC3(CCOC3)CC2)c2cncn12.CC(C)(C)SN. The third kappa shape index (κ3) is 4.52. The van der Waals surface area contributed by atoms with Crippen LogP contribution in [0.4, 0.5) is 5.82 Å². The van der Waals surface area contributed by atoms with Crippen molar-refractivity contribution < 1.29 is 4.74 Å². The van der Waals surface area contributed by atoms with Gasteiger partial charge in [-0.1, -0.05) is 11.9 Å². The minimum Gasteiger partial charge on any atom is -0.381 e. The Kier molecular flexibility index (Phi) is 6.16. The molecule has 2 aromatic heterocycles. The van der Waals surface area contributed by atoms with Crippen LogP contribution in [-0.4, -0.2) is 45.4 Å². The Hall–Kier alpha value is -0.830. The third-order valence-electron chi connectivity index (χ3n) is 5.05. The summed E-state index contributed by atoms with van der Waals surface area (Å²) in [5.41, 5.74) is 1.50. The van der Waals surface area contributed by atoms with Crippen molar-refractivity contribution in [2.75, 3.05) is 31.2 Å². The number of piperidine rings is 1. The Labute approximate surface area is 168 Å². The molecular weight excluding hydrogens is 414 g/mol. The zero-order chi connectivity index (χ0) is 18.8. The molecule has 4 rings (SSSR count). The molecule has 0 atom stereocenters. The van der Waals surface area contributed by atoms with E-state index in [0.29, 0.717) is 5.41 Å². The maximum atomic E-state index is 5.60. The quantitative estimate of drug-likeness (QED) is 0.676. The van der Waals surface area contributed by atoms with Gasteiger partial charge < -0.3 is 9.64 Å². The lowest BCUT2D eigenvalue weighted by molar-refractivity contribution is 0.133. The molecule has 8 heteroatoms. The summed E-state index contributed by atoms with van der Waals surface area (Å²) in [6, 6.07) is 0. The molecule has 2 fully saturated rings. The lowest BCUT2D eigenvalue weighted by Gasteiger charge is -2.39. The molecule has 26 heavy (non-hydrogen) atoms. The molecule has 2 aliphatic rings. The summed E-state index contributed by atoms with van der Waals surface area (Å²) in [5, 5.41) is 5.22. The maximum Gasteiger partial charge on any atom is 0.154 e. The molecule has 1 spiro atoms. The highest BCUT2D eigenvalue weighted by molar-refractivity contribution is 9.10. The van der Waals surface area contributed by atoms with Crippen molar-refractivity contribution in [2.24, 2.45) is 10.6 Å². The fraction of sp³-hybridized carbons (Fsp3) is 0.667. The normalized spacial score (nSPS) is 19.7. The summed E-state index contributed by atoms with van der Waals surface area (Å²) < 4.78 is 8.80. The van der Waals surface area contributed by atoms with Crippen molar-refractivity contribution in [1.82, 2.24) is 14.4 Å². The number of rotatable bonds is 1. The molecule has 0 bridgehead atoms. The molecule has 0 amide bonds. The van der Waals surface area contributed by atoms with Crippen LogP contribution in [0.2, 0.25) is 0 Å². The van der Waals surface area contributed by atoms with Crippen molar-refractivity contribution in [2.45, 2.75) is 44.8 Å². The summed E-state index contributed by atoms with van der Waals surface area (Å²) in [4.78, 5) is 11.2. The summed E-state index contributed by atoms with van der Waals surface area (Å²) in [6.07, 6.45) is 9.18. The first-order valence-electron chi connectivity index (χ1n) is 9.01. The van der Waals surface area contributed by atoms with E-state index in [0.717, 1.165) is 42.2 Å². The number of hydrogen-bond donors (Lipinski definition) is 1. The van der Waals surface area contributed by atoms with Crippen LogP contribution in [0.25, 0.3) is 5.52 Å². The molecule has 2 aromatic rings. The van der Waals surface area contributed by atoms with Gasteiger partial charge in [0, 0.05) is 24.4 Å². The van der Waals surface area contributed by atoms with E-state index in [1.54, 1.807) is 0 Å². The lowest BCUT2D eigenvalue weighted by atomic mass is 9.78. The molecule has 4 heterocycles. The third-order valence-corrected chi connectivity index (χ3v) is 6.35. The Morgan fingerprint density at radius 2 is 1.92 bits per heavy atom. The first kappa shape index (κ1) is 19.9. The van der Waals surface area contributed by atoms with E-state index in [1.807, 2.05) is 23.1 Å². The molecule has 6 nitrogen and oxygen atoms in total. The largest absolute Gasteiger partial charge is 0.381 e. The fourth-order valence-electron chi connectivity index (χ4n) is 3.35. The summed E-state index contributed by atoms with van der Waals surface area (Å²) in [7, 11) is 0.